The van der Waals surface area contributed by atoms with Gasteiger partial charge in [-0.15, -0.1) is 0 Å². The minimum atomic E-state index is -4.30. The summed E-state index contributed by atoms with van der Waals surface area (Å²) in [5.74, 6) is 0.277. The lowest BCUT2D eigenvalue weighted by Gasteiger charge is -2.07. The third kappa shape index (κ3) is 2.78. The number of rotatable bonds is 3. The molecule has 2 heterocycles. The van der Waals surface area contributed by atoms with Crippen LogP contribution in [0.5, 0.6) is 0 Å². The number of halogens is 3. The molecule has 1 aliphatic heterocycles. The molecule has 1 aromatic heterocycles. The lowest BCUT2D eigenvalue weighted by Crippen LogP contribution is -2.11. The van der Waals surface area contributed by atoms with Gasteiger partial charge in [0.05, 0.1) is 24.0 Å². The predicted molar refractivity (Wildman–Crippen MR) is 62.7 cm³/mol. The van der Waals surface area contributed by atoms with E-state index in [9.17, 15) is 13.2 Å². The first-order valence-electron chi connectivity index (χ1n) is 6.69. The standard InChI is InChI=1S/C13H17F3N2O/c1-8-4-9(7-19-8)5-18-6-11(13(14,15)16)12(17-18)10-2-3-10/h6,8-10H,2-5,7H2,1H3. The summed E-state index contributed by atoms with van der Waals surface area (Å²) in [5.41, 5.74) is -0.318. The van der Waals surface area contributed by atoms with Crippen molar-refractivity contribution in [3.8, 4) is 0 Å². The molecule has 6 heteroatoms. The molecule has 1 saturated heterocycles. The van der Waals surface area contributed by atoms with Gasteiger partial charge in [-0.3, -0.25) is 4.68 Å². The van der Waals surface area contributed by atoms with Crippen molar-refractivity contribution in [2.24, 2.45) is 5.92 Å². The second-order valence-electron chi connectivity index (χ2n) is 5.67. The van der Waals surface area contributed by atoms with Crippen molar-refractivity contribution in [2.45, 2.75) is 50.9 Å². The SMILES string of the molecule is CC1CC(Cn2cc(C(F)(F)F)c(C3CC3)n2)CO1. The van der Waals surface area contributed by atoms with E-state index in [-0.39, 0.29) is 23.6 Å². The first-order valence-corrected chi connectivity index (χ1v) is 6.69. The first-order chi connectivity index (χ1) is 8.93. The van der Waals surface area contributed by atoms with Crippen molar-refractivity contribution in [3.05, 3.63) is 17.5 Å². The number of hydrogen-bond donors (Lipinski definition) is 0. The molecule has 1 aromatic rings. The predicted octanol–water partition coefficient (Wildman–Crippen LogP) is 3.20. The summed E-state index contributed by atoms with van der Waals surface area (Å²) in [6.45, 7) is 3.11. The Balaban J connectivity index is 1.79. The minimum absolute atomic E-state index is 0.0108. The van der Waals surface area contributed by atoms with E-state index in [4.69, 9.17) is 4.74 Å². The number of hydrogen-bond acceptors (Lipinski definition) is 2. The maximum Gasteiger partial charge on any atom is 0.419 e. The zero-order chi connectivity index (χ0) is 13.6. The van der Waals surface area contributed by atoms with Crippen molar-refractivity contribution in [1.29, 1.82) is 0 Å². The van der Waals surface area contributed by atoms with Gasteiger partial charge in [-0.05, 0) is 26.2 Å². The quantitative estimate of drug-likeness (QED) is 0.846. The first kappa shape index (κ1) is 13.0. The monoisotopic (exact) mass is 274 g/mol. The van der Waals surface area contributed by atoms with E-state index in [0.29, 0.717) is 13.2 Å². The van der Waals surface area contributed by atoms with Crippen molar-refractivity contribution in [1.82, 2.24) is 9.78 Å². The average molecular weight is 274 g/mol. The van der Waals surface area contributed by atoms with E-state index in [1.54, 1.807) is 0 Å². The molecule has 2 aliphatic rings. The summed E-state index contributed by atoms with van der Waals surface area (Å²) in [5, 5.41) is 4.17. The van der Waals surface area contributed by atoms with E-state index in [0.717, 1.165) is 25.5 Å². The normalized spacial score (nSPS) is 28.0. The van der Waals surface area contributed by atoms with Gasteiger partial charge in [0, 0.05) is 24.6 Å². The van der Waals surface area contributed by atoms with Crippen LogP contribution in [0.4, 0.5) is 13.2 Å². The molecule has 2 atom stereocenters. The third-order valence-corrected chi connectivity index (χ3v) is 3.79. The van der Waals surface area contributed by atoms with Crippen LogP contribution in [0, 0.1) is 5.92 Å². The molecule has 2 unspecified atom stereocenters. The van der Waals surface area contributed by atoms with Crippen molar-refractivity contribution in [2.75, 3.05) is 6.61 Å². The Labute approximate surface area is 109 Å². The highest BCUT2D eigenvalue weighted by atomic mass is 19.4. The van der Waals surface area contributed by atoms with Crippen molar-refractivity contribution >= 4 is 0 Å². The Morgan fingerprint density at radius 2 is 2.16 bits per heavy atom. The highest BCUT2D eigenvalue weighted by Gasteiger charge is 2.41. The summed E-state index contributed by atoms with van der Waals surface area (Å²) >= 11 is 0. The van der Waals surface area contributed by atoms with Gasteiger partial charge in [0.2, 0.25) is 0 Å². The van der Waals surface area contributed by atoms with Crippen LogP contribution >= 0.6 is 0 Å². The second-order valence-corrected chi connectivity index (χ2v) is 5.67. The molecule has 1 saturated carbocycles. The second kappa shape index (κ2) is 4.51. The van der Waals surface area contributed by atoms with E-state index < -0.39 is 11.7 Å². The molecular weight excluding hydrogens is 257 g/mol. The Morgan fingerprint density at radius 3 is 2.68 bits per heavy atom. The zero-order valence-electron chi connectivity index (χ0n) is 10.8. The maximum absolute atomic E-state index is 12.9. The van der Waals surface area contributed by atoms with E-state index in [1.165, 1.54) is 4.68 Å². The number of aromatic nitrogens is 2. The summed E-state index contributed by atoms with van der Waals surface area (Å²) in [7, 11) is 0. The van der Waals surface area contributed by atoms with Crippen LogP contribution in [0.15, 0.2) is 6.20 Å². The molecule has 0 aromatic carbocycles. The highest BCUT2D eigenvalue weighted by Crippen LogP contribution is 2.45. The summed E-state index contributed by atoms with van der Waals surface area (Å²) in [6, 6.07) is 0. The highest BCUT2D eigenvalue weighted by molar-refractivity contribution is 5.27. The lowest BCUT2D eigenvalue weighted by molar-refractivity contribution is -0.138. The number of nitrogens with zero attached hydrogens (tertiary/aromatic N) is 2. The Bertz CT molecular complexity index is 465. The third-order valence-electron chi connectivity index (χ3n) is 3.79. The van der Waals surface area contributed by atoms with Crippen molar-refractivity contribution in [3.63, 3.8) is 0 Å². The van der Waals surface area contributed by atoms with E-state index >= 15 is 0 Å². The van der Waals surface area contributed by atoms with Gasteiger partial charge in [0.25, 0.3) is 0 Å². The number of alkyl halides is 3. The Hall–Kier alpha value is -1.04. The van der Waals surface area contributed by atoms with E-state index in [1.807, 2.05) is 6.92 Å². The van der Waals surface area contributed by atoms with Gasteiger partial charge in [-0.2, -0.15) is 18.3 Å². The molecule has 1 aliphatic carbocycles. The molecule has 3 rings (SSSR count). The Kier molecular flexibility index (Phi) is 3.08. The van der Waals surface area contributed by atoms with Gasteiger partial charge in [-0.25, -0.2) is 0 Å². The van der Waals surface area contributed by atoms with Crippen LogP contribution in [0.1, 0.15) is 43.4 Å². The topological polar surface area (TPSA) is 27.1 Å². The lowest BCUT2D eigenvalue weighted by atomic mass is 10.1. The summed E-state index contributed by atoms with van der Waals surface area (Å²) in [4.78, 5) is 0. The smallest absolute Gasteiger partial charge is 0.378 e. The molecular formula is C13H17F3N2O. The molecule has 0 amide bonds. The van der Waals surface area contributed by atoms with Crippen LogP contribution in [-0.4, -0.2) is 22.5 Å². The molecule has 0 N–H and O–H groups in total. The molecule has 106 valence electrons. The van der Waals surface area contributed by atoms with Crippen LogP contribution in [0.3, 0.4) is 0 Å². The minimum Gasteiger partial charge on any atom is -0.378 e. The molecule has 0 bridgehead atoms. The summed E-state index contributed by atoms with van der Waals surface area (Å²) in [6.07, 6.45) is -0.398. The van der Waals surface area contributed by atoms with Crippen molar-refractivity contribution < 1.29 is 17.9 Å². The molecule has 3 nitrogen and oxygen atoms in total. The van der Waals surface area contributed by atoms with Crippen LogP contribution in [0.2, 0.25) is 0 Å². The molecule has 0 spiro atoms. The molecule has 2 fully saturated rings. The van der Waals surface area contributed by atoms with Gasteiger partial charge in [0.15, 0.2) is 0 Å². The van der Waals surface area contributed by atoms with Gasteiger partial charge < -0.3 is 4.74 Å². The fourth-order valence-electron chi connectivity index (χ4n) is 2.70. The fourth-order valence-corrected chi connectivity index (χ4v) is 2.70. The Morgan fingerprint density at radius 1 is 1.42 bits per heavy atom. The van der Waals surface area contributed by atoms with Crippen LogP contribution < -0.4 is 0 Å². The van der Waals surface area contributed by atoms with Gasteiger partial charge in [-0.1, -0.05) is 0 Å². The largest absolute Gasteiger partial charge is 0.419 e. The van der Waals surface area contributed by atoms with Gasteiger partial charge >= 0.3 is 6.18 Å². The molecule has 0 radical (unpaired) electrons. The number of ether oxygens (including phenoxy) is 1. The average Bonchev–Trinajstić information content (AvgIpc) is 2.94. The maximum atomic E-state index is 12.9. The summed E-state index contributed by atoms with van der Waals surface area (Å²) < 4.78 is 45.7. The van der Waals surface area contributed by atoms with Gasteiger partial charge in [0.1, 0.15) is 0 Å². The van der Waals surface area contributed by atoms with Crippen LogP contribution in [-0.2, 0) is 17.5 Å². The van der Waals surface area contributed by atoms with E-state index in [2.05, 4.69) is 5.10 Å². The molecule has 19 heavy (non-hydrogen) atoms. The zero-order valence-corrected chi connectivity index (χ0v) is 10.8. The van der Waals surface area contributed by atoms with Crippen LogP contribution in [0.25, 0.3) is 0 Å². The fraction of sp³-hybridized carbons (Fsp3) is 0.769.